The number of nitrogens with two attached hydrogens (primary N) is 1. The Kier molecular flexibility index (Phi) is 4.76. The highest BCUT2D eigenvalue weighted by Crippen LogP contribution is 2.29. The minimum absolute atomic E-state index is 0.241. The summed E-state index contributed by atoms with van der Waals surface area (Å²) in [6.07, 6.45) is 0.282. The number of rotatable bonds is 5. The van der Waals surface area contributed by atoms with Gasteiger partial charge in [-0.1, -0.05) is 61.5 Å². The summed E-state index contributed by atoms with van der Waals surface area (Å²) >= 11 is 0. The molecule has 0 saturated heterocycles. The van der Waals surface area contributed by atoms with E-state index in [0.717, 1.165) is 11.1 Å². The Labute approximate surface area is 125 Å². The third-order valence-corrected chi connectivity index (χ3v) is 3.90. The molecule has 0 aromatic heterocycles. The van der Waals surface area contributed by atoms with Gasteiger partial charge < -0.3 is 10.5 Å². The van der Waals surface area contributed by atoms with Gasteiger partial charge in [0.15, 0.2) is 0 Å². The van der Waals surface area contributed by atoms with Gasteiger partial charge >= 0.3 is 5.97 Å². The third kappa shape index (κ3) is 3.50. The van der Waals surface area contributed by atoms with Crippen molar-refractivity contribution < 1.29 is 9.53 Å². The second-order valence-electron chi connectivity index (χ2n) is 5.46. The van der Waals surface area contributed by atoms with Crippen molar-refractivity contribution in [3.63, 3.8) is 0 Å². The van der Waals surface area contributed by atoms with Crippen LogP contribution in [0.5, 0.6) is 0 Å². The van der Waals surface area contributed by atoms with Crippen LogP contribution in [0.3, 0.4) is 0 Å². The predicted molar refractivity (Wildman–Crippen MR) is 84.9 cm³/mol. The van der Waals surface area contributed by atoms with Gasteiger partial charge in [-0.05, 0) is 16.7 Å². The number of carbonyl (C=O) groups is 1. The number of ether oxygens (including phenoxy) is 1. The number of hydrogen-bond donors (Lipinski definition) is 1. The van der Waals surface area contributed by atoms with Crippen LogP contribution in [0.4, 0.5) is 0 Å². The fourth-order valence-corrected chi connectivity index (χ4v) is 2.38. The molecule has 0 aliphatic rings. The van der Waals surface area contributed by atoms with E-state index >= 15 is 0 Å². The molecule has 3 heteroatoms. The molecule has 2 aromatic rings. The first-order valence-electron chi connectivity index (χ1n) is 7.02. The average Bonchev–Trinajstić information content (AvgIpc) is 2.55. The molecule has 2 N–H and O–H groups in total. The van der Waals surface area contributed by atoms with E-state index in [2.05, 4.69) is 24.3 Å². The van der Waals surface area contributed by atoms with Gasteiger partial charge in [-0.2, -0.15) is 0 Å². The van der Waals surface area contributed by atoms with Crippen molar-refractivity contribution >= 4 is 5.97 Å². The lowest BCUT2D eigenvalue weighted by molar-refractivity contribution is -0.141. The lowest BCUT2D eigenvalue weighted by atomic mass is 9.79. The van der Waals surface area contributed by atoms with E-state index in [0.29, 0.717) is 6.54 Å². The lowest BCUT2D eigenvalue weighted by Crippen LogP contribution is -2.34. The topological polar surface area (TPSA) is 52.3 Å². The number of hydrogen-bond acceptors (Lipinski definition) is 3. The van der Waals surface area contributed by atoms with Crippen LogP contribution in [0.15, 0.2) is 54.6 Å². The second-order valence-corrected chi connectivity index (χ2v) is 5.46. The molecule has 0 aliphatic carbocycles. The molecular weight excluding hydrogens is 262 g/mol. The van der Waals surface area contributed by atoms with E-state index in [1.165, 1.54) is 12.7 Å². The van der Waals surface area contributed by atoms with Gasteiger partial charge in [0.25, 0.3) is 0 Å². The number of methoxy groups -OCH3 is 1. The zero-order valence-corrected chi connectivity index (χ0v) is 12.5. The van der Waals surface area contributed by atoms with E-state index in [1.807, 2.05) is 37.3 Å². The lowest BCUT2D eigenvalue weighted by Gasteiger charge is -2.27. The molecule has 1 atom stereocenters. The molecule has 3 nitrogen and oxygen atoms in total. The average molecular weight is 283 g/mol. The molecule has 0 spiro atoms. The van der Waals surface area contributed by atoms with Crippen molar-refractivity contribution in [3.8, 4) is 11.1 Å². The molecule has 0 aliphatic heterocycles. The van der Waals surface area contributed by atoms with Crippen LogP contribution in [0.2, 0.25) is 0 Å². The Morgan fingerprint density at radius 1 is 1.05 bits per heavy atom. The quantitative estimate of drug-likeness (QED) is 0.858. The van der Waals surface area contributed by atoms with Crippen molar-refractivity contribution in [2.75, 3.05) is 13.7 Å². The van der Waals surface area contributed by atoms with Gasteiger partial charge in [0.2, 0.25) is 0 Å². The number of esters is 1. The van der Waals surface area contributed by atoms with E-state index in [4.69, 9.17) is 10.5 Å². The Hall–Kier alpha value is -2.13. The zero-order chi connectivity index (χ0) is 15.3. The van der Waals surface area contributed by atoms with E-state index in [1.54, 1.807) is 0 Å². The summed E-state index contributed by atoms with van der Waals surface area (Å²) in [5.74, 6) is -0.241. The predicted octanol–water partition coefficient (Wildman–Crippen LogP) is 3.13. The van der Waals surface area contributed by atoms with Gasteiger partial charge in [-0.25, -0.2) is 0 Å². The maximum Gasteiger partial charge on any atom is 0.306 e. The third-order valence-electron chi connectivity index (χ3n) is 3.90. The summed E-state index contributed by atoms with van der Waals surface area (Å²) in [4.78, 5) is 11.6. The Morgan fingerprint density at radius 3 is 2.14 bits per heavy atom. The standard InChI is InChI=1S/C18H21NO2/c1-18(13-19,12-17(20)21-2)16-10-8-15(9-11-16)14-6-4-3-5-7-14/h3-11H,12-13,19H2,1-2H3. The zero-order valence-electron chi connectivity index (χ0n) is 12.5. The Bertz CT molecular complexity index is 592. The maximum absolute atomic E-state index is 11.6. The fraction of sp³-hybridized carbons (Fsp3) is 0.278. The minimum Gasteiger partial charge on any atom is -0.469 e. The fourth-order valence-electron chi connectivity index (χ4n) is 2.38. The molecule has 0 amide bonds. The molecule has 0 heterocycles. The first-order chi connectivity index (χ1) is 10.1. The Balaban J connectivity index is 2.26. The van der Waals surface area contributed by atoms with Gasteiger partial charge in [0, 0.05) is 12.0 Å². The highest BCUT2D eigenvalue weighted by Gasteiger charge is 2.28. The van der Waals surface area contributed by atoms with Crippen LogP contribution in [0.1, 0.15) is 18.9 Å². The van der Waals surface area contributed by atoms with Crippen molar-refractivity contribution in [3.05, 3.63) is 60.2 Å². The van der Waals surface area contributed by atoms with Crippen LogP contribution in [-0.2, 0) is 14.9 Å². The first kappa shape index (κ1) is 15.3. The summed E-state index contributed by atoms with van der Waals surface area (Å²) in [5, 5.41) is 0. The SMILES string of the molecule is COC(=O)CC(C)(CN)c1ccc(-c2ccccc2)cc1. The highest BCUT2D eigenvalue weighted by atomic mass is 16.5. The maximum atomic E-state index is 11.6. The van der Waals surface area contributed by atoms with Crippen molar-refractivity contribution in [1.29, 1.82) is 0 Å². The van der Waals surface area contributed by atoms with Crippen LogP contribution in [0, 0.1) is 0 Å². The molecule has 110 valence electrons. The molecule has 0 bridgehead atoms. The molecular formula is C18H21NO2. The molecule has 2 aromatic carbocycles. The van der Waals surface area contributed by atoms with Gasteiger partial charge in [-0.3, -0.25) is 4.79 Å². The summed E-state index contributed by atoms with van der Waals surface area (Å²) < 4.78 is 4.77. The number of carbonyl (C=O) groups excluding carboxylic acids is 1. The molecule has 1 unspecified atom stereocenters. The molecule has 2 rings (SSSR count). The van der Waals surface area contributed by atoms with Crippen LogP contribution in [-0.4, -0.2) is 19.6 Å². The number of benzene rings is 2. The van der Waals surface area contributed by atoms with Crippen LogP contribution < -0.4 is 5.73 Å². The van der Waals surface area contributed by atoms with Crippen molar-refractivity contribution in [2.45, 2.75) is 18.8 Å². The van der Waals surface area contributed by atoms with Crippen LogP contribution >= 0.6 is 0 Å². The first-order valence-corrected chi connectivity index (χ1v) is 7.02. The molecule has 0 fully saturated rings. The largest absolute Gasteiger partial charge is 0.469 e. The smallest absolute Gasteiger partial charge is 0.306 e. The normalized spacial score (nSPS) is 13.5. The van der Waals surface area contributed by atoms with Crippen LogP contribution in [0.25, 0.3) is 11.1 Å². The highest BCUT2D eigenvalue weighted by molar-refractivity contribution is 5.71. The molecule has 0 saturated carbocycles. The van der Waals surface area contributed by atoms with Crippen molar-refractivity contribution in [1.82, 2.24) is 0 Å². The Morgan fingerprint density at radius 2 is 1.62 bits per heavy atom. The van der Waals surface area contributed by atoms with E-state index in [9.17, 15) is 4.79 Å². The van der Waals surface area contributed by atoms with Gasteiger partial charge in [0.1, 0.15) is 0 Å². The van der Waals surface area contributed by atoms with Crippen molar-refractivity contribution in [2.24, 2.45) is 5.73 Å². The van der Waals surface area contributed by atoms with E-state index < -0.39 is 5.41 Å². The summed E-state index contributed by atoms with van der Waals surface area (Å²) in [6, 6.07) is 18.4. The second kappa shape index (κ2) is 6.55. The monoisotopic (exact) mass is 283 g/mol. The summed E-state index contributed by atoms with van der Waals surface area (Å²) in [6.45, 7) is 2.38. The summed E-state index contributed by atoms with van der Waals surface area (Å²) in [5.41, 5.74) is 8.86. The van der Waals surface area contributed by atoms with Gasteiger partial charge in [-0.15, -0.1) is 0 Å². The molecule has 21 heavy (non-hydrogen) atoms. The van der Waals surface area contributed by atoms with Gasteiger partial charge in [0.05, 0.1) is 13.5 Å². The van der Waals surface area contributed by atoms with E-state index in [-0.39, 0.29) is 12.4 Å². The minimum atomic E-state index is -0.400. The summed E-state index contributed by atoms with van der Waals surface area (Å²) in [7, 11) is 1.40. The molecule has 0 radical (unpaired) electrons.